The predicted molar refractivity (Wildman–Crippen MR) is 78.4 cm³/mol. The lowest BCUT2D eigenvalue weighted by Crippen LogP contribution is -2.08. The van der Waals surface area contributed by atoms with Crippen molar-refractivity contribution < 1.29 is 4.39 Å². The lowest BCUT2D eigenvalue weighted by molar-refractivity contribution is 0.628. The van der Waals surface area contributed by atoms with Crippen LogP contribution in [0, 0.1) is 24.1 Å². The molecule has 0 unspecified atom stereocenters. The van der Waals surface area contributed by atoms with E-state index in [1.165, 1.54) is 23.0 Å². The van der Waals surface area contributed by atoms with E-state index in [-0.39, 0.29) is 23.1 Å². The van der Waals surface area contributed by atoms with Crippen LogP contribution in [-0.4, -0.2) is 19.7 Å². The molecule has 0 atom stereocenters. The van der Waals surface area contributed by atoms with Crippen LogP contribution >= 0.6 is 0 Å². The summed E-state index contributed by atoms with van der Waals surface area (Å²) in [5.74, 6) is 0.126. The second kappa shape index (κ2) is 5.26. The van der Waals surface area contributed by atoms with Crippen LogP contribution in [0.3, 0.4) is 0 Å². The third kappa shape index (κ3) is 2.38. The van der Waals surface area contributed by atoms with E-state index in [1.54, 1.807) is 18.2 Å². The zero-order valence-corrected chi connectivity index (χ0v) is 11.7. The molecule has 0 fully saturated rings. The summed E-state index contributed by atoms with van der Waals surface area (Å²) in [6, 6.07) is 9.72. The Morgan fingerprint density at radius 1 is 1.23 bits per heavy atom. The summed E-state index contributed by atoms with van der Waals surface area (Å²) < 4.78 is 14.3. The second-order valence-corrected chi connectivity index (χ2v) is 4.67. The van der Waals surface area contributed by atoms with E-state index < -0.39 is 0 Å². The van der Waals surface area contributed by atoms with Crippen LogP contribution in [0.2, 0.25) is 0 Å². The van der Waals surface area contributed by atoms with Crippen LogP contribution in [0.15, 0.2) is 36.5 Å². The van der Waals surface area contributed by atoms with Crippen molar-refractivity contribution in [1.82, 2.24) is 19.7 Å². The topological polar surface area (TPSA) is 93.4 Å². The highest BCUT2D eigenvalue weighted by atomic mass is 19.1. The molecule has 0 bridgehead atoms. The van der Waals surface area contributed by atoms with Crippen molar-refractivity contribution in [2.24, 2.45) is 0 Å². The van der Waals surface area contributed by atoms with Crippen molar-refractivity contribution in [2.75, 3.05) is 5.73 Å². The first-order valence-electron chi connectivity index (χ1n) is 6.44. The number of halogens is 1. The smallest absolute Gasteiger partial charge is 0.253 e. The molecule has 0 amide bonds. The molecule has 1 aromatic carbocycles. The Balaban J connectivity index is 2.12. The van der Waals surface area contributed by atoms with E-state index in [0.717, 1.165) is 5.56 Å². The van der Waals surface area contributed by atoms with Crippen LogP contribution in [0.25, 0.3) is 17.2 Å². The molecule has 0 radical (unpaired) electrons. The highest BCUT2D eigenvalue weighted by Gasteiger charge is 2.13. The summed E-state index contributed by atoms with van der Waals surface area (Å²) in [4.78, 5) is 8.67. The van der Waals surface area contributed by atoms with Gasteiger partial charge < -0.3 is 5.73 Å². The maximum Gasteiger partial charge on any atom is 0.253 e. The third-order valence-corrected chi connectivity index (χ3v) is 3.10. The van der Waals surface area contributed by atoms with E-state index in [2.05, 4.69) is 15.1 Å². The van der Waals surface area contributed by atoms with Gasteiger partial charge in [-0.2, -0.15) is 15.0 Å². The summed E-state index contributed by atoms with van der Waals surface area (Å²) in [6.45, 7) is 1.81. The Labute approximate surface area is 125 Å². The third-order valence-electron chi connectivity index (χ3n) is 3.10. The molecule has 0 spiro atoms. The van der Waals surface area contributed by atoms with Crippen molar-refractivity contribution >= 4 is 5.82 Å². The van der Waals surface area contributed by atoms with Crippen LogP contribution < -0.4 is 5.73 Å². The van der Waals surface area contributed by atoms with Gasteiger partial charge in [-0.25, -0.2) is 14.4 Å². The number of benzene rings is 1. The normalized spacial score (nSPS) is 10.4. The number of nitriles is 1. The van der Waals surface area contributed by atoms with Crippen LogP contribution in [0.5, 0.6) is 0 Å². The maximum atomic E-state index is 13.0. The molecule has 0 saturated heterocycles. The number of aromatic nitrogens is 4. The minimum atomic E-state index is -0.315. The molecule has 0 aliphatic heterocycles. The van der Waals surface area contributed by atoms with E-state index in [4.69, 9.17) is 11.0 Å². The number of nitrogen functional groups attached to an aromatic ring is 1. The zero-order valence-electron chi connectivity index (χ0n) is 11.7. The minimum absolute atomic E-state index is 0.179. The summed E-state index contributed by atoms with van der Waals surface area (Å²) in [7, 11) is 0. The Bertz CT molecular complexity index is 876. The van der Waals surface area contributed by atoms with E-state index in [1.807, 2.05) is 13.0 Å². The van der Waals surface area contributed by atoms with Gasteiger partial charge in [-0.1, -0.05) is 0 Å². The van der Waals surface area contributed by atoms with Gasteiger partial charge in [0.05, 0.1) is 11.9 Å². The molecule has 3 rings (SSSR count). The highest BCUT2D eigenvalue weighted by Crippen LogP contribution is 2.21. The van der Waals surface area contributed by atoms with Crippen molar-refractivity contribution in [3.05, 3.63) is 53.6 Å². The Kier molecular flexibility index (Phi) is 3.27. The first-order valence-corrected chi connectivity index (χ1v) is 6.44. The van der Waals surface area contributed by atoms with Gasteiger partial charge in [-0.3, -0.25) is 0 Å². The number of anilines is 1. The Hall–Kier alpha value is -3.27. The molecule has 0 aliphatic rings. The van der Waals surface area contributed by atoms with Crippen molar-refractivity contribution in [3.63, 3.8) is 0 Å². The molecule has 22 heavy (non-hydrogen) atoms. The summed E-state index contributed by atoms with van der Waals surface area (Å²) in [6.07, 6.45) is 1.36. The van der Waals surface area contributed by atoms with Gasteiger partial charge in [0, 0.05) is 11.3 Å². The van der Waals surface area contributed by atoms with Gasteiger partial charge in [0.25, 0.3) is 5.95 Å². The summed E-state index contributed by atoms with van der Waals surface area (Å²) >= 11 is 0. The SMILES string of the molecule is Cc1cc(-c2ccc(F)cc2)nc(-n2ncc(C#N)c2N)n1. The molecule has 6 nitrogen and oxygen atoms in total. The fraction of sp³-hybridized carbons (Fsp3) is 0.0667. The van der Waals surface area contributed by atoms with Crippen molar-refractivity contribution in [3.8, 4) is 23.3 Å². The largest absolute Gasteiger partial charge is 0.382 e. The fourth-order valence-electron chi connectivity index (χ4n) is 2.02. The predicted octanol–water partition coefficient (Wildman–Crippen LogP) is 2.23. The van der Waals surface area contributed by atoms with Gasteiger partial charge in [-0.15, -0.1) is 0 Å². The summed E-state index contributed by atoms with van der Waals surface area (Å²) in [5, 5.41) is 13.0. The van der Waals surface area contributed by atoms with Crippen molar-refractivity contribution in [2.45, 2.75) is 6.92 Å². The van der Waals surface area contributed by atoms with E-state index in [0.29, 0.717) is 11.4 Å². The molecule has 7 heteroatoms. The lowest BCUT2D eigenvalue weighted by Gasteiger charge is -2.07. The highest BCUT2D eigenvalue weighted by molar-refractivity contribution is 5.60. The molecule has 2 N–H and O–H groups in total. The number of nitrogens with zero attached hydrogens (tertiary/aromatic N) is 5. The molecule has 2 heterocycles. The molecular weight excluding hydrogens is 283 g/mol. The molecule has 3 aromatic rings. The number of rotatable bonds is 2. The van der Waals surface area contributed by atoms with Gasteiger partial charge >= 0.3 is 0 Å². The van der Waals surface area contributed by atoms with Crippen LogP contribution in [0.4, 0.5) is 10.2 Å². The zero-order chi connectivity index (χ0) is 15.7. The minimum Gasteiger partial charge on any atom is -0.382 e. The van der Waals surface area contributed by atoms with Gasteiger partial charge in [-0.05, 0) is 37.3 Å². The number of nitrogens with two attached hydrogens (primary N) is 1. The van der Waals surface area contributed by atoms with E-state index >= 15 is 0 Å². The molecule has 108 valence electrons. The quantitative estimate of drug-likeness (QED) is 0.782. The van der Waals surface area contributed by atoms with E-state index in [9.17, 15) is 4.39 Å². The maximum absolute atomic E-state index is 13.0. The average Bonchev–Trinajstić information content (AvgIpc) is 2.88. The lowest BCUT2D eigenvalue weighted by atomic mass is 10.1. The van der Waals surface area contributed by atoms with Crippen LogP contribution in [-0.2, 0) is 0 Å². The molecule has 0 saturated carbocycles. The first kappa shape index (κ1) is 13.7. The second-order valence-electron chi connectivity index (χ2n) is 4.67. The molecular formula is C15H11FN6. The molecule has 0 aliphatic carbocycles. The van der Waals surface area contributed by atoms with Gasteiger partial charge in [0.1, 0.15) is 23.3 Å². The summed E-state index contributed by atoms with van der Waals surface area (Å²) in [5.41, 5.74) is 8.19. The number of hydrogen-bond acceptors (Lipinski definition) is 5. The molecule has 2 aromatic heterocycles. The fourth-order valence-corrected chi connectivity index (χ4v) is 2.02. The first-order chi connectivity index (χ1) is 10.6. The van der Waals surface area contributed by atoms with Gasteiger partial charge in [0.15, 0.2) is 0 Å². The average molecular weight is 294 g/mol. The number of hydrogen-bond donors (Lipinski definition) is 1. The van der Waals surface area contributed by atoms with Crippen LogP contribution in [0.1, 0.15) is 11.3 Å². The monoisotopic (exact) mass is 294 g/mol. The Morgan fingerprint density at radius 2 is 1.95 bits per heavy atom. The van der Waals surface area contributed by atoms with Gasteiger partial charge in [0.2, 0.25) is 0 Å². The van der Waals surface area contributed by atoms with Crippen molar-refractivity contribution in [1.29, 1.82) is 5.26 Å². The Morgan fingerprint density at radius 3 is 2.59 bits per heavy atom. The number of aryl methyl sites for hydroxylation is 1. The standard InChI is InChI=1S/C15H11FN6/c1-9-6-13(10-2-4-12(16)5-3-10)21-15(20-9)22-14(18)11(7-17)8-19-22/h2-6,8H,18H2,1H3.